The van der Waals surface area contributed by atoms with Gasteiger partial charge in [-0.3, -0.25) is 4.79 Å². The van der Waals surface area contributed by atoms with Crippen molar-refractivity contribution in [1.82, 2.24) is 0 Å². The molecule has 0 aromatic heterocycles. The Morgan fingerprint density at radius 3 is 2.68 bits per heavy atom. The summed E-state index contributed by atoms with van der Waals surface area (Å²) < 4.78 is 0.0263. The Labute approximate surface area is 127 Å². The van der Waals surface area contributed by atoms with Crippen LogP contribution in [0, 0.1) is 0 Å². The van der Waals surface area contributed by atoms with Crippen LogP contribution in [0.5, 0.6) is 0 Å². The summed E-state index contributed by atoms with van der Waals surface area (Å²) >= 11 is 5.07. The molecule has 2 rings (SSSR count). The fourth-order valence-corrected chi connectivity index (χ4v) is 5.96. The SMILES string of the molecule is C=CC(=O)SCC1=C(C)SC(C)(c2ccccc2)S1. The molecule has 100 valence electrons. The third-order valence-corrected chi connectivity index (χ3v) is 7.06. The number of rotatable bonds is 4. The molecule has 1 aromatic rings. The molecule has 0 N–H and O–H groups in total. The number of benzene rings is 1. The minimum atomic E-state index is 0.0263. The number of hydrogen-bond donors (Lipinski definition) is 0. The van der Waals surface area contributed by atoms with E-state index in [1.54, 1.807) is 0 Å². The van der Waals surface area contributed by atoms with Crippen LogP contribution in [0.3, 0.4) is 0 Å². The molecule has 1 unspecified atom stereocenters. The molecule has 1 nitrogen and oxygen atoms in total. The minimum Gasteiger partial charge on any atom is -0.282 e. The summed E-state index contributed by atoms with van der Waals surface area (Å²) in [6, 6.07) is 10.5. The van der Waals surface area contributed by atoms with Crippen molar-refractivity contribution < 1.29 is 4.79 Å². The molecule has 0 saturated heterocycles. The van der Waals surface area contributed by atoms with Crippen molar-refractivity contribution in [3.05, 3.63) is 58.4 Å². The maximum Gasteiger partial charge on any atom is 0.211 e. The smallest absolute Gasteiger partial charge is 0.211 e. The molecule has 1 aromatic carbocycles. The number of carbonyl (C=O) groups is 1. The fraction of sp³-hybridized carbons (Fsp3) is 0.267. The second-order valence-electron chi connectivity index (χ2n) is 4.31. The second kappa shape index (κ2) is 6.25. The lowest BCUT2D eigenvalue weighted by molar-refractivity contribution is -0.107. The van der Waals surface area contributed by atoms with Crippen molar-refractivity contribution in [3.63, 3.8) is 0 Å². The quantitative estimate of drug-likeness (QED) is 0.726. The molecule has 0 amide bonds. The highest BCUT2D eigenvalue weighted by Crippen LogP contribution is 2.60. The summed E-state index contributed by atoms with van der Waals surface area (Å²) in [4.78, 5) is 13.9. The zero-order chi connectivity index (χ0) is 13.9. The van der Waals surface area contributed by atoms with E-state index in [2.05, 4.69) is 44.7 Å². The molecule has 19 heavy (non-hydrogen) atoms. The number of thioether (sulfide) groups is 3. The fourth-order valence-electron chi connectivity index (χ4n) is 1.86. The molecule has 0 radical (unpaired) electrons. The summed E-state index contributed by atoms with van der Waals surface area (Å²) in [5.74, 6) is 0.747. The Balaban J connectivity index is 2.08. The monoisotopic (exact) mass is 308 g/mol. The molecule has 1 atom stereocenters. The summed E-state index contributed by atoms with van der Waals surface area (Å²) in [7, 11) is 0. The van der Waals surface area contributed by atoms with Gasteiger partial charge in [0, 0.05) is 10.7 Å². The van der Waals surface area contributed by atoms with E-state index in [9.17, 15) is 4.79 Å². The molecule has 1 aliphatic heterocycles. The Kier molecular flexibility index (Phi) is 4.87. The van der Waals surface area contributed by atoms with Crippen LogP contribution in [-0.2, 0) is 8.87 Å². The number of carbonyl (C=O) groups excluding carboxylic acids is 1. The van der Waals surface area contributed by atoms with Gasteiger partial charge in [0.1, 0.15) is 0 Å². The minimum absolute atomic E-state index is 0.0263. The van der Waals surface area contributed by atoms with Crippen molar-refractivity contribution >= 4 is 40.4 Å². The second-order valence-corrected chi connectivity index (χ2v) is 8.69. The first kappa shape index (κ1) is 14.8. The molecule has 0 aliphatic carbocycles. The van der Waals surface area contributed by atoms with Crippen LogP contribution in [0.1, 0.15) is 19.4 Å². The van der Waals surface area contributed by atoms with Gasteiger partial charge in [0.25, 0.3) is 0 Å². The van der Waals surface area contributed by atoms with Crippen LogP contribution in [-0.4, -0.2) is 10.9 Å². The molecule has 0 fully saturated rings. The highest BCUT2D eigenvalue weighted by molar-refractivity contribution is 8.24. The van der Waals surface area contributed by atoms with Gasteiger partial charge < -0.3 is 0 Å². The van der Waals surface area contributed by atoms with E-state index < -0.39 is 0 Å². The van der Waals surface area contributed by atoms with Crippen LogP contribution in [0.15, 0.2) is 52.8 Å². The third-order valence-electron chi connectivity index (χ3n) is 2.87. The molecular formula is C15H16OS3. The van der Waals surface area contributed by atoms with Gasteiger partial charge >= 0.3 is 0 Å². The molecule has 4 heteroatoms. The molecule has 1 aliphatic rings. The topological polar surface area (TPSA) is 17.1 Å². The highest BCUT2D eigenvalue weighted by Gasteiger charge is 2.36. The summed E-state index contributed by atoms with van der Waals surface area (Å²) in [5.41, 5.74) is 1.32. The lowest BCUT2D eigenvalue weighted by atomic mass is 10.2. The maximum atomic E-state index is 11.3. The Bertz CT molecular complexity index is 521. The van der Waals surface area contributed by atoms with Crippen molar-refractivity contribution in [2.75, 3.05) is 5.75 Å². The van der Waals surface area contributed by atoms with E-state index >= 15 is 0 Å². The predicted molar refractivity (Wildman–Crippen MR) is 89.3 cm³/mol. The number of hydrogen-bond acceptors (Lipinski definition) is 4. The van der Waals surface area contributed by atoms with E-state index in [4.69, 9.17) is 0 Å². The van der Waals surface area contributed by atoms with Crippen LogP contribution in [0.2, 0.25) is 0 Å². The summed E-state index contributed by atoms with van der Waals surface area (Å²) in [6.45, 7) is 7.89. The van der Waals surface area contributed by atoms with E-state index in [-0.39, 0.29) is 9.19 Å². The predicted octanol–water partition coefficient (Wildman–Crippen LogP) is 5.02. The molecule has 0 bridgehead atoms. The van der Waals surface area contributed by atoms with Gasteiger partial charge in [0.15, 0.2) is 0 Å². The molecule has 1 heterocycles. The van der Waals surface area contributed by atoms with Crippen LogP contribution in [0.25, 0.3) is 0 Å². The summed E-state index contributed by atoms with van der Waals surface area (Å²) in [6.07, 6.45) is 1.38. The zero-order valence-corrected chi connectivity index (χ0v) is 13.5. The average Bonchev–Trinajstić information content (AvgIpc) is 2.73. The van der Waals surface area contributed by atoms with E-state index in [0.717, 1.165) is 5.75 Å². The molecule has 0 spiro atoms. The van der Waals surface area contributed by atoms with E-state index in [1.165, 1.54) is 33.2 Å². The first-order valence-electron chi connectivity index (χ1n) is 5.97. The van der Waals surface area contributed by atoms with Gasteiger partial charge in [0.05, 0.1) is 4.08 Å². The van der Waals surface area contributed by atoms with Crippen LogP contribution >= 0.6 is 35.3 Å². The number of allylic oxidation sites excluding steroid dienone is 1. The van der Waals surface area contributed by atoms with Crippen LogP contribution in [0.4, 0.5) is 0 Å². The molecular weight excluding hydrogens is 292 g/mol. The lowest BCUT2D eigenvalue weighted by Gasteiger charge is -2.23. The summed E-state index contributed by atoms with van der Waals surface area (Å²) in [5, 5.41) is 0.0409. The Morgan fingerprint density at radius 1 is 1.37 bits per heavy atom. The van der Waals surface area contributed by atoms with Gasteiger partial charge in [-0.2, -0.15) is 0 Å². The zero-order valence-electron chi connectivity index (χ0n) is 11.0. The maximum absolute atomic E-state index is 11.3. The first-order chi connectivity index (χ1) is 9.05. The average molecular weight is 308 g/mol. The van der Waals surface area contributed by atoms with Gasteiger partial charge in [-0.05, 0) is 30.4 Å². The van der Waals surface area contributed by atoms with E-state index in [0.29, 0.717) is 0 Å². The van der Waals surface area contributed by atoms with Gasteiger partial charge in [-0.25, -0.2) is 0 Å². The Morgan fingerprint density at radius 2 is 2.05 bits per heavy atom. The van der Waals surface area contributed by atoms with E-state index in [1.807, 2.05) is 29.6 Å². The normalized spacial score (nSPS) is 22.6. The van der Waals surface area contributed by atoms with Gasteiger partial charge in [-0.1, -0.05) is 48.7 Å². The first-order valence-corrected chi connectivity index (χ1v) is 8.59. The standard InChI is InChI=1S/C15H16OS3/c1-4-14(16)17-10-13-11(2)18-15(3,19-13)12-8-6-5-7-9-12/h4-9H,1,10H2,2-3H3. The van der Waals surface area contributed by atoms with Gasteiger partial charge in [0.2, 0.25) is 5.12 Å². The van der Waals surface area contributed by atoms with Crippen molar-refractivity contribution in [3.8, 4) is 0 Å². The van der Waals surface area contributed by atoms with Gasteiger partial charge in [-0.15, -0.1) is 23.5 Å². The highest BCUT2D eigenvalue weighted by atomic mass is 32.2. The molecule has 0 saturated carbocycles. The van der Waals surface area contributed by atoms with Crippen molar-refractivity contribution in [1.29, 1.82) is 0 Å². The Hall–Kier alpha value is -0.580. The lowest BCUT2D eigenvalue weighted by Crippen LogP contribution is -2.08. The van der Waals surface area contributed by atoms with Crippen molar-refractivity contribution in [2.24, 2.45) is 0 Å². The largest absolute Gasteiger partial charge is 0.282 e. The van der Waals surface area contributed by atoms with Crippen molar-refractivity contribution in [2.45, 2.75) is 17.9 Å². The van der Waals surface area contributed by atoms with Crippen LogP contribution < -0.4 is 0 Å². The third kappa shape index (κ3) is 3.50.